The van der Waals surface area contributed by atoms with Gasteiger partial charge in [-0.3, -0.25) is 4.79 Å². The van der Waals surface area contributed by atoms with Gasteiger partial charge >= 0.3 is 5.97 Å². The Morgan fingerprint density at radius 3 is 2.58 bits per heavy atom. The third-order valence-corrected chi connectivity index (χ3v) is 4.21. The van der Waals surface area contributed by atoms with Gasteiger partial charge in [0.2, 0.25) is 0 Å². The first kappa shape index (κ1) is 23.5. The standard InChI is InChI=1S/C23H21ClN2O5/c1-4-9-26-23(28)17(13-25)11-16-5-7-20(21(12-16)29-3)31-22(27)14-30-19-8-6-18(24)10-15(19)2/h4-8,10-12H,1,9,14H2,2-3H3,(H,26,28). The van der Waals surface area contributed by atoms with Gasteiger partial charge < -0.3 is 19.5 Å². The van der Waals surface area contributed by atoms with Crippen molar-refractivity contribution in [1.82, 2.24) is 5.32 Å². The maximum absolute atomic E-state index is 12.2. The van der Waals surface area contributed by atoms with Crippen LogP contribution in [0.15, 0.2) is 54.6 Å². The Kier molecular flexibility index (Phi) is 8.67. The maximum Gasteiger partial charge on any atom is 0.349 e. The van der Waals surface area contributed by atoms with Crippen LogP contribution in [0.1, 0.15) is 11.1 Å². The van der Waals surface area contributed by atoms with Crippen LogP contribution >= 0.6 is 11.6 Å². The molecule has 2 aromatic rings. The quantitative estimate of drug-likeness (QED) is 0.209. The normalized spacial score (nSPS) is 10.6. The first-order valence-electron chi connectivity index (χ1n) is 9.16. The Hall–Kier alpha value is -3.76. The number of methoxy groups -OCH3 is 1. The van der Waals surface area contributed by atoms with Gasteiger partial charge in [0.25, 0.3) is 5.91 Å². The van der Waals surface area contributed by atoms with Gasteiger partial charge in [-0.05, 0) is 54.5 Å². The molecule has 0 heterocycles. The van der Waals surface area contributed by atoms with E-state index in [1.54, 1.807) is 30.3 Å². The number of carbonyl (C=O) groups excluding carboxylic acids is 2. The second kappa shape index (κ2) is 11.4. The SMILES string of the molecule is C=CCNC(=O)C(C#N)=Cc1ccc(OC(=O)COc2ccc(Cl)cc2C)c(OC)c1. The zero-order valence-corrected chi connectivity index (χ0v) is 17.9. The maximum atomic E-state index is 12.2. The molecule has 31 heavy (non-hydrogen) atoms. The molecule has 2 aromatic carbocycles. The molecule has 0 bridgehead atoms. The topological polar surface area (TPSA) is 97.7 Å². The second-order valence-corrected chi connectivity index (χ2v) is 6.69. The second-order valence-electron chi connectivity index (χ2n) is 6.25. The molecule has 0 aliphatic carbocycles. The minimum absolute atomic E-state index is 0.0830. The summed E-state index contributed by atoms with van der Waals surface area (Å²) in [5.41, 5.74) is 1.23. The number of hydrogen-bond donors (Lipinski definition) is 1. The number of nitrogens with zero attached hydrogens (tertiary/aromatic N) is 1. The van der Waals surface area contributed by atoms with Crippen molar-refractivity contribution in [2.45, 2.75) is 6.92 Å². The summed E-state index contributed by atoms with van der Waals surface area (Å²) in [6.07, 6.45) is 2.91. The highest BCUT2D eigenvalue weighted by Crippen LogP contribution is 2.29. The molecule has 0 radical (unpaired) electrons. The van der Waals surface area contributed by atoms with Crippen LogP contribution in [0.4, 0.5) is 0 Å². The number of benzene rings is 2. The van der Waals surface area contributed by atoms with E-state index >= 15 is 0 Å². The van der Waals surface area contributed by atoms with E-state index < -0.39 is 11.9 Å². The molecule has 0 aromatic heterocycles. The van der Waals surface area contributed by atoms with Crippen molar-refractivity contribution in [3.8, 4) is 23.3 Å². The first-order valence-corrected chi connectivity index (χ1v) is 9.54. The van der Waals surface area contributed by atoms with E-state index in [-0.39, 0.29) is 30.2 Å². The average Bonchev–Trinajstić information content (AvgIpc) is 2.75. The van der Waals surface area contributed by atoms with E-state index in [2.05, 4.69) is 11.9 Å². The fraction of sp³-hybridized carbons (Fsp3) is 0.174. The molecule has 7 nitrogen and oxygen atoms in total. The van der Waals surface area contributed by atoms with Gasteiger partial charge in [0, 0.05) is 11.6 Å². The lowest BCUT2D eigenvalue weighted by atomic mass is 10.1. The molecule has 0 spiro atoms. The number of amides is 1. The van der Waals surface area contributed by atoms with Gasteiger partial charge in [-0.1, -0.05) is 23.7 Å². The van der Waals surface area contributed by atoms with Crippen molar-refractivity contribution in [3.05, 3.63) is 70.8 Å². The largest absolute Gasteiger partial charge is 0.493 e. The Morgan fingerprint density at radius 2 is 1.94 bits per heavy atom. The van der Waals surface area contributed by atoms with Crippen LogP contribution in [0, 0.1) is 18.3 Å². The molecule has 0 saturated heterocycles. The molecule has 0 fully saturated rings. The van der Waals surface area contributed by atoms with Gasteiger partial charge in [-0.25, -0.2) is 4.79 Å². The molecule has 0 aliphatic heterocycles. The summed E-state index contributed by atoms with van der Waals surface area (Å²) in [4.78, 5) is 24.2. The zero-order chi connectivity index (χ0) is 22.8. The molecule has 1 N–H and O–H groups in total. The minimum Gasteiger partial charge on any atom is -0.493 e. The Bertz CT molecular complexity index is 1060. The molecule has 0 unspecified atom stereocenters. The van der Waals surface area contributed by atoms with E-state index in [4.69, 9.17) is 25.8 Å². The third kappa shape index (κ3) is 6.91. The predicted molar refractivity (Wildman–Crippen MR) is 117 cm³/mol. The minimum atomic E-state index is -0.627. The Labute approximate surface area is 185 Å². The number of nitriles is 1. The predicted octanol–water partition coefficient (Wildman–Crippen LogP) is 3.85. The van der Waals surface area contributed by atoms with Crippen molar-refractivity contribution in [2.24, 2.45) is 0 Å². The van der Waals surface area contributed by atoms with Crippen molar-refractivity contribution in [3.63, 3.8) is 0 Å². The fourth-order valence-corrected chi connectivity index (χ4v) is 2.72. The summed E-state index contributed by atoms with van der Waals surface area (Å²) in [5, 5.41) is 12.3. The van der Waals surface area contributed by atoms with E-state index in [1.807, 2.05) is 13.0 Å². The number of aryl methyl sites for hydroxylation is 1. The molecular formula is C23H21ClN2O5. The Morgan fingerprint density at radius 1 is 1.19 bits per heavy atom. The lowest BCUT2D eigenvalue weighted by Crippen LogP contribution is -2.24. The van der Waals surface area contributed by atoms with Crippen LogP contribution in [-0.2, 0) is 9.59 Å². The zero-order valence-electron chi connectivity index (χ0n) is 17.1. The highest BCUT2D eigenvalue weighted by molar-refractivity contribution is 6.30. The third-order valence-electron chi connectivity index (χ3n) is 3.98. The van der Waals surface area contributed by atoms with Crippen molar-refractivity contribution in [1.29, 1.82) is 5.26 Å². The van der Waals surface area contributed by atoms with Crippen LogP contribution in [0.25, 0.3) is 6.08 Å². The number of nitrogens with one attached hydrogen (secondary N) is 1. The number of hydrogen-bond acceptors (Lipinski definition) is 6. The van der Waals surface area contributed by atoms with Gasteiger partial charge in [-0.15, -0.1) is 6.58 Å². The smallest absolute Gasteiger partial charge is 0.349 e. The number of rotatable bonds is 9. The van der Waals surface area contributed by atoms with Gasteiger partial charge in [0.1, 0.15) is 17.4 Å². The first-order chi connectivity index (χ1) is 14.9. The molecule has 8 heteroatoms. The number of carbonyl (C=O) groups is 2. The number of ether oxygens (including phenoxy) is 3. The molecule has 0 aliphatic rings. The summed E-state index contributed by atoms with van der Waals surface area (Å²) in [6, 6.07) is 11.6. The molecular weight excluding hydrogens is 420 g/mol. The summed E-state index contributed by atoms with van der Waals surface area (Å²) in [5.74, 6) is -0.194. The summed E-state index contributed by atoms with van der Waals surface area (Å²) >= 11 is 5.90. The van der Waals surface area contributed by atoms with Crippen molar-refractivity contribution < 1.29 is 23.8 Å². The van der Waals surface area contributed by atoms with E-state index in [9.17, 15) is 14.9 Å². The highest BCUT2D eigenvalue weighted by Gasteiger charge is 2.14. The summed E-state index contributed by atoms with van der Waals surface area (Å²) in [6.45, 7) is 5.25. The number of esters is 1. The molecule has 2 rings (SSSR count). The Balaban J connectivity index is 2.09. The number of halogens is 1. The average molecular weight is 441 g/mol. The molecule has 0 atom stereocenters. The van der Waals surface area contributed by atoms with E-state index in [0.29, 0.717) is 16.3 Å². The summed E-state index contributed by atoms with van der Waals surface area (Å²) in [7, 11) is 1.41. The van der Waals surface area contributed by atoms with Gasteiger partial charge in [0.05, 0.1) is 7.11 Å². The lowest BCUT2D eigenvalue weighted by molar-refractivity contribution is -0.136. The van der Waals surface area contributed by atoms with Crippen LogP contribution in [0.5, 0.6) is 17.2 Å². The highest BCUT2D eigenvalue weighted by atomic mass is 35.5. The molecule has 1 amide bonds. The monoisotopic (exact) mass is 440 g/mol. The van der Waals surface area contributed by atoms with Gasteiger partial charge in [0.15, 0.2) is 18.1 Å². The van der Waals surface area contributed by atoms with E-state index in [0.717, 1.165) is 5.56 Å². The van der Waals surface area contributed by atoms with Crippen molar-refractivity contribution in [2.75, 3.05) is 20.3 Å². The van der Waals surface area contributed by atoms with Crippen LogP contribution in [-0.4, -0.2) is 32.1 Å². The van der Waals surface area contributed by atoms with E-state index in [1.165, 1.54) is 25.3 Å². The van der Waals surface area contributed by atoms with Gasteiger partial charge in [-0.2, -0.15) is 5.26 Å². The van der Waals surface area contributed by atoms with Crippen molar-refractivity contribution >= 4 is 29.6 Å². The lowest BCUT2D eigenvalue weighted by Gasteiger charge is -2.12. The van der Waals surface area contributed by atoms with Crippen LogP contribution in [0.2, 0.25) is 5.02 Å². The summed E-state index contributed by atoms with van der Waals surface area (Å²) < 4.78 is 16.1. The van der Waals surface area contributed by atoms with Crippen LogP contribution < -0.4 is 19.5 Å². The molecule has 160 valence electrons. The fourth-order valence-electron chi connectivity index (χ4n) is 2.50. The molecule has 0 saturated carbocycles. The van der Waals surface area contributed by atoms with Crippen LogP contribution in [0.3, 0.4) is 0 Å².